The zero-order valence-corrected chi connectivity index (χ0v) is 11.8. The molecule has 2 rings (SSSR count). The van der Waals surface area contributed by atoms with Crippen LogP contribution in [0.3, 0.4) is 0 Å². The quantitative estimate of drug-likeness (QED) is 0.446. The van der Waals surface area contributed by atoms with Crippen LogP contribution in [0, 0.1) is 10.1 Å². The van der Waals surface area contributed by atoms with Gasteiger partial charge in [0.1, 0.15) is 5.69 Å². The predicted molar refractivity (Wildman–Crippen MR) is 74.6 cm³/mol. The van der Waals surface area contributed by atoms with E-state index in [0.29, 0.717) is 12.1 Å². The molecule has 7 nitrogen and oxygen atoms in total. The number of aliphatic hydroxyl groups is 1. The monoisotopic (exact) mass is 299 g/mol. The summed E-state index contributed by atoms with van der Waals surface area (Å²) in [7, 11) is 0. The van der Waals surface area contributed by atoms with E-state index in [9.17, 15) is 10.1 Å². The van der Waals surface area contributed by atoms with Crippen molar-refractivity contribution >= 4 is 17.5 Å². The van der Waals surface area contributed by atoms with Crippen molar-refractivity contribution in [1.29, 1.82) is 0 Å². The minimum Gasteiger partial charge on any atom is -0.396 e. The van der Waals surface area contributed by atoms with E-state index in [0.717, 1.165) is 31.4 Å². The van der Waals surface area contributed by atoms with E-state index in [-0.39, 0.29) is 23.2 Å². The number of unbranched alkanes of at least 4 members (excludes halogenated alkanes) is 3. The first-order valence-electron chi connectivity index (χ1n) is 6.64. The van der Waals surface area contributed by atoms with E-state index < -0.39 is 4.92 Å². The molecule has 1 unspecified atom stereocenters. The smallest absolute Gasteiger partial charge is 0.296 e. The van der Waals surface area contributed by atoms with Gasteiger partial charge in [-0.15, -0.1) is 0 Å². The first-order chi connectivity index (χ1) is 9.74. The third-order valence-corrected chi connectivity index (χ3v) is 4.50. The Morgan fingerprint density at radius 2 is 2.20 bits per heavy atom. The van der Waals surface area contributed by atoms with Gasteiger partial charge in [-0.2, -0.15) is 11.8 Å². The second kappa shape index (κ2) is 7.39. The van der Waals surface area contributed by atoms with Crippen molar-refractivity contribution in [3.8, 4) is 0 Å². The average Bonchev–Trinajstić information content (AvgIpc) is 2.91. The van der Waals surface area contributed by atoms with Gasteiger partial charge in [0.2, 0.25) is 5.69 Å². The number of aromatic nitrogens is 2. The van der Waals surface area contributed by atoms with Crippen LogP contribution >= 0.6 is 11.8 Å². The van der Waals surface area contributed by atoms with Crippen LogP contribution in [-0.4, -0.2) is 32.7 Å². The third kappa shape index (κ3) is 3.57. The lowest BCUT2D eigenvalue weighted by Crippen LogP contribution is -2.09. The molecule has 1 aliphatic carbocycles. The second-order valence-corrected chi connectivity index (χ2v) is 5.89. The Morgan fingerprint density at radius 3 is 2.95 bits per heavy atom. The highest BCUT2D eigenvalue weighted by molar-refractivity contribution is 7.99. The van der Waals surface area contributed by atoms with Crippen LogP contribution < -0.4 is 0 Å². The molecular formula is C12H17N3O4S. The molecule has 0 fully saturated rings. The maximum Gasteiger partial charge on any atom is 0.296 e. The largest absolute Gasteiger partial charge is 0.396 e. The SMILES string of the molecule is O=[N+]([O-])C1=CCC(SCCCCCCO)c2nonc21. The summed E-state index contributed by atoms with van der Waals surface area (Å²) >= 11 is 1.72. The van der Waals surface area contributed by atoms with Crippen molar-refractivity contribution in [2.75, 3.05) is 12.4 Å². The Morgan fingerprint density at radius 1 is 1.40 bits per heavy atom. The van der Waals surface area contributed by atoms with Gasteiger partial charge < -0.3 is 5.11 Å². The topological polar surface area (TPSA) is 102 Å². The van der Waals surface area contributed by atoms with Gasteiger partial charge in [-0.25, -0.2) is 4.63 Å². The van der Waals surface area contributed by atoms with E-state index >= 15 is 0 Å². The van der Waals surface area contributed by atoms with Crippen molar-refractivity contribution in [3.63, 3.8) is 0 Å². The van der Waals surface area contributed by atoms with Gasteiger partial charge >= 0.3 is 0 Å². The Kier molecular flexibility index (Phi) is 5.54. The van der Waals surface area contributed by atoms with Gasteiger partial charge in [0.05, 0.1) is 10.2 Å². The maximum atomic E-state index is 10.9. The first-order valence-corrected chi connectivity index (χ1v) is 7.68. The average molecular weight is 299 g/mol. The molecule has 0 saturated heterocycles. The highest BCUT2D eigenvalue weighted by Gasteiger charge is 2.33. The fraction of sp³-hybridized carbons (Fsp3) is 0.667. The minimum atomic E-state index is -0.446. The van der Waals surface area contributed by atoms with Crippen LogP contribution in [-0.2, 0) is 0 Å². The van der Waals surface area contributed by atoms with Crippen LogP contribution in [0.4, 0.5) is 0 Å². The summed E-state index contributed by atoms with van der Waals surface area (Å²) in [5.41, 5.74) is 0.833. The summed E-state index contributed by atoms with van der Waals surface area (Å²) < 4.78 is 4.65. The number of hydrogen-bond donors (Lipinski definition) is 1. The Labute approximate surface area is 120 Å². The molecule has 0 spiro atoms. The van der Waals surface area contributed by atoms with E-state index in [2.05, 4.69) is 14.9 Å². The summed E-state index contributed by atoms with van der Waals surface area (Å²) in [4.78, 5) is 10.4. The lowest BCUT2D eigenvalue weighted by atomic mass is 10.1. The lowest BCUT2D eigenvalue weighted by Gasteiger charge is -2.15. The third-order valence-electron chi connectivity index (χ3n) is 3.15. The molecule has 0 aromatic carbocycles. The Bertz CT molecular complexity index is 489. The zero-order valence-electron chi connectivity index (χ0n) is 11.0. The molecule has 0 saturated carbocycles. The number of fused-ring (bicyclic) bond motifs is 1. The summed E-state index contributed by atoms with van der Waals surface area (Å²) in [6.07, 6.45) is 6.20. The molecule has 1 atom stereocenters. The number of aliphatic hydroxyl groups excluding tert-OH is 1. The molecule has 1 aromatic heterocycles. The normalized spacial score (nSPS) is 17.6. The highest BCUT2D eigenvalue weighted by Crippen LogP contribution is 2.39. The van der Waals surface area contributed by atoms with Crippen LogP contribution in [0.5, 0.6) is 0 Å². The van der Waals surface area contributed by atoms with Crippen molar-refractivity contribution in [3.05, 3.63) is 27.6 Å². The second-order valence-electron chi connectivity index (χ2n) is 4.58. The van der Waals surface area contributed by atoms with Crippen molar-refractivity contribution in [2.45, 2.75) is 37.4 Å². The molecule has 1 heterocycles. The summed E-state index contributed by atoms with van der Waals surface area (Å²) in [5, 5.41) is 27.1. The summed E-state index contributed by atoms with van der Waals surface area (Å²) in [6, 6.07) is 0. The standard InChI is InChI=1S/C12H17N3O4S/c16-7-3-1-2-4-8-20-10-6-5-9(15(17)18)11-12(10)14-19-13-11/h5,10,16H,1-4,6-8H2. The number of hydrogen-bond acceptors (Lipinski definition) is 7. The molecule has 20 heavy (non-hydrogen) atoms. The van der Waals surface area contributed by atoms with E-state index in [4.69, 9.17) is 5.11 Å². The van der Waals surface area contributed by atoms with Crippen molar-refractivity contribution < 1.29 is 14.7 Å². The molecule has 110 valence electrons. The lowest BCUT2D eigenvalue weighted by molar-refractivity contribution is -0.376. The Balaban J connectivity index is 1.85. The number of nitrogens with zero attached hydrogens (tertiary/aromatic N) is 3. The van der Waals surface area contributed by atoms with Crippen LogP contribution in [0.15, 0.2) is 10.7 Å². The predicted octanol–water partition coefficient (Wildman–Crippen LogP) is 2.42. The number of thioether (sulfide) groups is 1. The van der Waals surface area contributed by atoms with Gasteiger partial charge in [0.25, 0.3) is 5.70 Å². The van der Waals surface area contributed by atoms with Crippen molar-refractivity contribution in [2.24, 2.45) is 0 Å². The van der Waals surface area contributed by atoms with E-state index in [1.54, 1.807) is 17.8 Å². The molecular weight excluding hydrogens is 282 g/mol. The van der Waals surface area contributed by atoms with E-state index in [1.165, 1.54) is 0 Å². The minimum absolute atomic E-state index is 0.0129. The van der Waals surface area contributed by atoms with Gasteiger partial charge in [0.15, 0.2) is 0 Å². The first kappa shape index (κ1) is 15.0. The molecule has 0 aliphatic heterocycles. The van der Waals surface area contributed by atoms with Gasteiger partial charge in [0, 0.05) is 6.61 Å². The Hall–Kier alpha value is -1.41. The van der Waals surface area contributed by atoms with Crippen LogP contribution in [0.25, 0.3) is 5.70 Å². The number of nitro groups is 1. The van der Waals surface area contributed by atoms with E-state index in [1.807, 2.05) is 0 Å². The summed E-state index contributed by atoms with van der Waals surface area (Å²) in [5.74, 6) is 0.962. The highest BCUT2D eigenvalue weighted by atomic mass is 32.2. The molecule has 1 aliphatic rings. The van der Waals surface area contributed by atoms with Gasteiger partial charge in [-0.3, -0.25) is 10.1 Å². The van der Waals surface area contributed by atoms with Crippen LogP contribution in [0.1, 0.15) is 48.7 Å². The maximum absolute atomic E-state index is 10.9. The van der Waals surface area contributed by atoms with Crippen LogP contribution in [0.2, 0.25) is 0 Å². The molecule has 1 N–H and O–H groups in total. The fourth-order valence-electron chi connectivity index (χ4n) is 2.11. The zero-order chi connectivity index (χ0) is 14.4. The molecule has 0 radical (unpaired) electrons. The number of allylic oxidation sites excluding steroid dienone is 1. The molecule has 0 amide bonds. The van der Waals surface area contributed by atoms with Gasteiger partial charge in [-0.1, -0.05) is 18.0 Å². The number of rotatable bonds is 8. The summed E-state index contributed by atoms with van der Waals surface area (Å²) in [6.45, 7) is 0.248. The fourth-order valence-corrected chi connectivity index (χ4v) is 3.31. The molecule has 0 bridgehead atoms. The van der Waals surface area contributed by atoms with Crippen molar-refractivity contribution in [1.82, 2.24) is 10.3 Å². The molecule has 8 heteroatoms. The molecule has 1 aromatic rings. The van der Waals surface area contributed by atoms with Gasteiger partial charge in [-0.05, 0) is 36.2 Å².